The second-order valence-electron chi connectivity index (χ2n) is 11.0. The van der Waals surface area contributed by atoms with Crippen molar-refractivity contribution in [3.8, 4) is 0 Å². The van der Waals surface area contributed by atoms with Crippen LogP contribution >= 0.6 is 12.0 Å². The Hall–Kier alpha value is -4.33. The van der Waals surface area contributed by atoms with E-state index < -0.39 is 63.7 Å². The van der Waals surface area contributed by atoms with Crippen LogP contribution in [0.1, 0.15) is 65.1 Å². The number of hydrogen-bond acceptors (Lipinski definition) is 6. The Labute approximate surface area is 277 Å². The van der Waals surface area contributed by atoms with Crippen molar-refractivity contribution in [3.63, 3.8) is 0 Å². The lowest BCUT2D eigenvalue weighted by Gasteiger charge is -2.24. The summed E-state index contributed by atoms with van der Waals surface area (Å²) >= 11 is -0.538. The maximum absolute atomic E-state index is 15.1. The summed E-state index contributed by atoms with van der Waals surface area (Å²) < 4.78 is 90.5. The molecule has 3 N–H and O–H groups in total. The van der Waals surface area contributed by atoms with Gasteiger partial charge in [-0.15, -0.1) is 0 Å². The van der Waals surface area contributed by atoms with Gasteiger partial charge in [-0.05, 0) is 53.6 Å². The van der Waals surface area contributed by atoms with Gasteiger partial charge in [0.1, 0.15) is 17.3 Å². The zero-order chi connectivity index (χ0) is 34.8. The van der Waals surface area contributed by atoms with E-state index in [9.17, 15) is 31.5 Å². The molecule has 254 valence electrons. The minimum absolute atomic E-state index is 0.0800. The van der Waals surface area contributed by atoms with E-state index in [0.29, 0.717) is 5.92 Å². The average molecular weight is 691 g/mol. The fraction of sp³-hybridized carbons (Fsp3) is 0.257. The number of amides is 1. The van der Waals surface area contributed by atoms with Crippen LogP contribution in [0.15, 0.2) is 77.7 Å². The first kappa shape index (κ1) is 36.5. The number of ether oxygens (including phenoxy) is 1. The minimum Gasteiger partial charge on any atom is -0.457 e. The Bertz CT molecular complexity index is 1690. The summed E-state index contributed by atoms with van der Waals surface area (Å²) in [5.74, 6) is -11.6. The molecule has 0 heterocycles. The quantitative estimate of drug-likeness (QED) is 0.0601. The molecule has 0 radical (unpaired) electrons. The molecule has 4 aromatic carbocycles. The third-order valence-corrected chi connectivity index (χ3v) is 8.36. The summed E-state index contributed by atoms with van der Waals surface area (Å²) in [5.41, 5.74) is 8.82. The van der Waals surface area contributed by atoms with Crippen LogP contribution in [0.25, 0.3) is 0 Å². The van der Waals surface area contributed by atoms with Crippen LogP contribution in [0.3, 0.4) is 0 Å². The van der Waals surface area contributed by atoms with E-state index >= 15 is 4.39 Å². The Morgan fingerprint density at radius 3 is 1.96 bits per heavy atom. The lowest BCUT2D eigenvalue weighted by Crippen LogP contribution is -2.36. The van der Waals surface area contributed by atoms with E-state index in [4.69, 9.17) is 15.0 Å². The van der Waals surface area contributed by atoms with Crippen molar-refractivity contribution in [2.24, 2.45) is 5.73 Å². The largest absolute Gasteiger partial charge is 0.457 e. The van der Waals surface area contributed by atoms with Crippen LogP contribution in [-0.2, 0) is 22.7 Å². The van der Waals surface area contributed by atoms with E-state index in [1.807, 2.05) is 42.5 Å². The van der Waals surface area contributed by atoms with Gasteiger partial charge in [0.05, 0.1) is 24.3 Å². The number of anilines is 1. The number of halogens is 6. The molecular weight excluding hydrogens is 658 g/mol. The molecule has 0 bridgehead atoms. The predicted octanol–water partition coefficient (Wildman–Crippen LogP) is 8.67. The third kappa shape index (κ3) is 8.97. The van der Waals surface area contributed by atoms with Crippen LogP contribution in [-0.4, -0.2) is 23.0 Å². The summed E-state index contributed by atoms with van der Waals surface area (Å²) in [4.78, 5) is 25.0. The van der Waals surface area contributed by atoms with E-state index in [2.05, 4.69) is 12.1 Å². The van der Waals surface area contributed by atoms with Gasteiger partial charge < -0.3 is 19.9 Å². The molecule has 13 heteroatoms. The standard InChI is InChI=1S/C29H31FN2O3.C6HF5OS/c30-26-17-25(29(34)35-20-22-7-3-1-4-8-22)15-16-27(26)32(28(33)18-31)19-21-11-13-24(14-12-21)23-9-5-2-6-10-23;7-1-2(8)4(10)6(13-12)5(11)3(1)9/h1,3-4,7-8,11-17,23H,2,5-6,9-10,18-20,31H2;12H. The first-order valence-electron chi connectivity index (χ1n) is 15.0. The number of carbonyl (C=O) groups is 2. The molecule has 0 aliphatic heterocycles. The number of rotatable bonds is 9. The van der Waals surface area contributed by atoms with Gasteiger partial charge in [0.25, 0.3) is 0 Å². The lowest BCUT2D eigenvalue weighted by molar-refractivity contribution is -0.117. The average Bonchev–Trinajstić information content (AvgIpc) is 3.12. The van der Waals surface area contributed by atoms with Crippen molar-refractivity contribution in [1.82, 2.24) is 0 Å². The maximum atomic E-state index is 15.1. The van der Waals surface area contributed by atoms with Gasteiger partial charge in [-0.25, -0.2) is 31.1 Å². The molecule has 1 amide bonds. The van der Waals surface area contributed by atoms with Crippen molar-refractivity contribution in [3.05, 3.63) is 130 Å². The molecule has 48 heavy (non-hydrogen) atoms. The summed E-state index contributed by atoms with van der Waals surface area (Å²) in [5, 5.41) is 0. The van der Waals surface area contributed by atoms with Crippen LogP contribution in [0.4, 0.5) is 32.0 Å². The molecule has 6 nitrogen and oxygen atoms in total. The molecule has 1 aliphatic rings. The van der Waals surface area contributed by atoms with Crippen molar-refractivity contribution >= 4 is 29.6 Å². The minimum atomic E-state index is -2.24. The molecule has 0 saturated heterocycles. The van der Waals surface area contributed by atoms with Gasteiger partial charge in [0, 0.05) is 12.0 Å². The molecule has 0 unspecified atom stereocenters. The number of nitrogens with zero attached hydrogens (tertiary/aromatic N) is 1. The van der Waals surface area contributed by atoms with Crippen LogP contribution in [0, 0.1) is 34.9 Å². The van der Waals surface area contributed by atoms with Gasteiger partial charge in [0.15, 0.2) is 23.3 Å². The number of nitrogens with two attached hydrogens (primary N) is 1. The Morgan fingerprint density at radius 1 is 0.792 bits per heavy atom. The van der Waals surface area contributed by atoms with Crippen molar-refractivity contribution in [2.75, 3.05) is 11.4 Å². The third-order valence-electron chi connectivity index (χ3n) is 7.82. The number of carbonyl (C=O) groups excluding carboxylic acids is 2. The molecule has 4 aromatic rings. The summed E-state index contributed by atoms with van der Waals surface area (Å²) in [6.45, 7) is 0.0356. The van der Waals surface area contributed by atoms with Gasteiger partial charge in [-0.3, -0.25) is 4.79 Å². The van der Waals surface area contributed by atoms with Crippen LogP contribution in [0.2, 0.25) is 0 Å². The van der Waals surface area contributed by atoms with E-state index in [0.717, 1.165) is 17.2 Å². The number of benzene rings is 4. The predicted molar refractivity (Wildman–Crippen MR) is 169 cm³/mol. The smallest absolute Gasteiger partial charge is 0.338 e. The topological polar surface area (TPSA) is 92.9 Å². The van der Waals surface area contributed by atoms with Gasteiger partial charge in [-0.2, -0.15) is 0 Å². The van der Waals surface area contributed by atoms with E-state index in [1.54, 1.807) is 0 Å². The Balaban J connectivity index is 0.000000336. The number of hydrogen-bond donors (Lipinski definition) is 2. The zero-order valence-electron chi connectivity index (χ0n) is 25.5. The van der Waals surface area contributed by atoms with Gasteiger partial charge in [-0.1, -0.05) is 73.9 Å². The monoisotopic (exact) mass is 690 g/mol. The highest BCUT2D eigenvalue weighted by molar-refractivity contribution is 7.93. The van der Waals surface area contributed by atoms with E-state index in [1.165, 1.54) is 54.7 Å². The summed E-state index contributed by atoms with van der Waals surface area (Å²) in [7, 11) is 0. The van der Waals surface area contributed by atoms with Crippen molar-refractivity contribution < 1.29 is 45.2 Å². The van der Waals surface area contributed by atoms with Gasteiger partial charge >= 0.3 is 5.97 Å². The molecule has 1 fully saturated rings. The molecule has 1 aliphatic carbocycles. The molecule has 0 atom stereocenters. The fourth-order valence-electron chi connectivity index (χ4n) is 5.26. The molecule has 0 spiro atoms. The summed E-state index contributed by atoms with van der Waals surface area (Å²) in [6.07, 6.45) is 6.26. The molecule has 5 rings (SSSR count). The normalized spacial score (nSPS) is 13.0. The second kappa shape index (κ2) is 17.2. The second-order valence-corrected chi connectivity index (χ2v) is 11.6. The zero-order valence-corrected chi connectivity index (χ0v) is 26.4. The lowest BCUT2D eigenvalue weighted by atomic mass is 9.84. The molecular formula is C35H32F6N2O4S. The first-order chi connectivity index (χ1) is 23.0. The van der Waals surface area contributed by atoms with Gasteiger partial charge in [0.2, 0.25) is 11.7 Å². The Kier molecular flexibility index (Phi) is 13.1. The van der Waals surface area contributed by atoms with Crippen LogP contribution < -0.4 is 10.6 Å². The number of esters is 1. The summed E-state index contributed by atoms with van der Waals surface area (Å²) in [6, 6.07) is 21.5. The first-order valence-corrected chi connectivity index (χ1v) is 15.8. The van der Waals surface area contributed by atoms with Crippen molar-refractivity contribution in [1.29, 1.82) is 0 Å². The van der Waals surface area contributed by atoms with E-state index in [-0.39, 0.29) is 30.9 Å². The van der Waals surface area contributed by atoms with Crippen molar-refractivity contribution in [2.45, 2.75) is 56.1 Å². The fourth-order valence-corrected chi connectivity index (χ4v) is 5.60. The highest BCUT2D eigenvalue weighted by atomic mass is 32.2. The molecule has 1 saturated carbocycles. The highest BCUT2D eigenvalue weighted by Crippen LogP contribution is 2.33. The Morgan fingerprint density at radius 2 is 1.40 bits per heavy atom. The SMILES string of the molecule is NCC(=O)N(Cc1ccc(C2CCCCC2)cc1)c1ccc(C(=O)OCc2ccccc2)cc1F.OSc1c(F)c(F)c(F)c(F)c1F. The maximum Gasteiger partial charge on any atom is 0.338 e. The highest BCUT2D eigenvalue weighted by Gasteiger charge is 2.26. The van der Waals surface area contributed by atoms with Crippen LogP contribution in [0.5, 0.6) is 0 Å². The molecule has 0 aromatic heterocycles.